The number of benzene rings is 1. The van der Waals surface area contributed by atoms with Gasteiger partial charge in [0.25, 0.3) is 0 Å². The summed E-state index contributed by atoms with van der Waals surface area (Å²) in [5, 5.41) is 0. The Balaban J connectivity index is 1.82. The fourth-order valence-corrected chi connectivity index (χ4v) is 2.17. The van der Waals surface area contributed by atoms with E-state index in [1.807, 2.05) is 52.1 Å². The number of carbonyl (C=O) groups is 1. The summed E-state index contributed by atoms with van der Waals surface area (Å²) in [5.74, 6) is 0.925. The molecule has 1 N–H and O–H groups in total. The zero-order valence-corrected chi connectivity index (χ0v) is 14.6. The predicted octanol–water partition coefficient (Wildman–Crippen LogP) is 2.86. The van der Waals surface area contributed by atoms with Gasteiger partial charge in [-0.2, -0.15) is 0 Å². The molecule has 0 aliphatic carbocycles. The first-order chi connectivity index (χ1) is 10.7. The fraction of sp³-hybridized carbons (Fsp3) is 0.529. The fourth-order valence-electron chi connectivity index (χ4n) is 2.17. The van der Waals surface area contributed by atoms with E-state index in [9.17, 15) is 4.79 Å². The molecule has 0 saturated heterocycles. The highest BCUT2D eigenvalue weighted by atomic mass is 16.6. The van der Waals surface area contributed by atoms with Crippen molar-refractivity contribution in [3.05, 3.63) is 30.1 Å². The third-order valence-corrected chi connectivity index (χ3v) is 3.38. The number of rotatable bonds is 5. The number of H-pyrrole nitrogens is 1. The molecule has 1 amide bonds. The zero-order valence-electron chi connectivity index (χ0n) is 14.6. The minimum atomic E-state index is -0.467. The lowest BCUT2D eigenvalue weighted by Crippen LogP contribution is -2.38. The summed E-state index contributed by atoms with van der Waals surface area (Å²) >= 11 is 0. The number of nitrogens with zero attached hydrogens (tertiary/aromatic N) is 3. The van der Waals surface area contributed by atoms with E-state index in [0.29, 0.717) is 13.1 Å². The Morgan fingerprint density at radius 1 is 1.22 bits per heavy atom. The molecule has 0 aliphatic rings. The van der Waals surface area contributed by atoms with Gasteiger partial charge in [0.15, 0.2) is 0 Å². The van der Waals surface area contributed by atoms with Gasteiger partial charge in [-0.15, -0.1) is 0 Å². The zero-order chi connectivity index (χ0) is 17.0. The van der Waals surface area contributed by atoms with Crippen LogP contribution in [0.25, 0.3) is 11.0 Å². The van der Waals surface area contributed by atoms with Crippen LogP contribution in [0, 0.1) is 0 Å². The molecule has 1 aromatic carbocycles. The van der Waals surface area contributed by atoms with Crippen molar-refractivity contribution in [3.63, 3.8) is 0 Å². The Morgan fingerprint density at radius 2 is 1.91 bits per heavy atom. The van der Waals surface area contributed by atoms with E-state index in [4.69, 9.17) is 4.74 Å². The van der Waals surface area contributed by atoms with Gasteiger partial charge in [-0.3, -0.25) is 4.90 Å². The Bertz CT molecular complexity index is 627. The molecule has 1 aromatic heterocycles. The molecule has 6 nitrogen and oxygen atoms in total. The highest BCUT2D eigenvalue weighted by molar-refractivity contribution is 5.74. The summed E-state index contributed by atoms with van der Waals surface area (Å²) in [5.41, 5.74) is 1.55. The van der Waals surface area contributed by atoms with Gasteiger partial charge in [0, 0.05) is 20.1 Å². The lowest BCUT2D eigenvalue weighted by molar-refractivity contribution is 0.0286. The number of likely N-dealkylation sites (N-methyl/N-ethyl adjacent to an activating group) is 2. The largest absolute Gasteiger partial charge is 0.444 e. The van der Waals surface area contributed by atoms with E-state index in [1.165, 1.54) is 0 Å². The lowest BCUT2D eigenvalue weighted by Gasteiger charge is -2.26. The molecule has 0 atom stereocenters. The Kier molecular flexibility index (Phi) is 5.26. The molecule has 0 unspecified atom stereocenters. The van der Waals surface area contributed by atoms with Crippen LogP contribution < -0.4 is 0 Å². The standard InChI is InChI=1S/C17H26N4O2/c1-17(2,3)23-16(22)21(5)11-10-20(4)12-15-18-13-8-6-7-9-14(13)19-15/h6-9H,10-12H2,1-5H3,(H,18,19). The van der Waals surface area contributed by atoms with Gasteiger partial charge < -0.3 is 14.6 Å². The van der Waals surface area contributed by atoms with Crippen LogP contribution >= 0.6 is 0 Å². The maximum absolute atomic E-state index is 11.9. The van der Waals surface area contributed by atoms with E-state index >= 15 is 0 Å². The lowest BCUT2D eigenvalue weighted by atomic mass is 10.2. The van der Waals surface area contributed by atoms with Crippen molar-refractivity contribution < 1.29 is 9.53 Å². The van der Waals surface area contributed by atoms with Gasteiger partial charge in [0.05, 0.1) is 17.6 Å². The van der Waals surface area contributed by atoms with E-state index < -0.39 is 5.60 Å². The van der Waals surface area contributed by atoms with Crippen molar-refractivity contribution in [2.24, 2.45) is 0 Å². The first kappa shape index (κ1) is 17.3. The van der Waals surface area contributed by atoms with Crippen molar-refractivity contribution in [1.82, 2.24) is 19.8 Å². The number of ether oxygens (including phenoxy) is 1. The first-order valence-electron chi connectivity index (χ1n) is 7.81. The molecule has 0 aliphatic heterocycles. The highest BCUT2D eigenvalue weighted by Gasteiger charge is 2.19. The van der Waals surface area contributed by atoms with Crippen molar-refractivity contribution in [2.45, 2.75) is 32.9 Å². The second-order valence-corrected chi connectivity index (χ2v) is 6.84. The number of para-hydroxylation sites is 2. The van der Waals surface area contributed by atoms with Crippen LogP contribution in [-0.2, 0) is 11.3 Å². The second-order valence-electron chi connectivity index (χ2n) is 6.84. The molecule has 0 bridgehead atoms. The number of amides is 1. The van der Waals surface area contributed by atoms with Crippen LogP contribution in [0.4, 0.5) is 4.79 Å². The Hall–Kier alpha value is -2.08. The van der Waals surface area contributed by atoms with Crippen LogP contribution in [0.15, 0.2) is 24.3 Å². The minimum absolute atomic E-state index is 0.297. The third-order valence-electron chi connectivity index (χ3n) is 3.38. The van der Waals surface area contributed by atoms with E-state index in [2.05, 4.69) is 14.9 Å². The van der Waals surface area contributed by atoms with E-state index in [1.54, 1.807) is 11.9 Å². The minimum Gasteiger partial charge on any atom is -0.444 e. The molecular formula is C17H26N4O2. The van der Waals surface area contributed by atoms with Crippen LogP contribution in [-0.4, -0.2) is 58.6 Å². The molecule has 1 heterocycles. The van der Waals surface area contributed by atoms with Crippen LogP contribution in [0.5, 0.6) is 0 Å². The van der Waals surface area contributed by atoms with Crippen LogP contribution in [0.2, 0.25) is 0 Å². The summed E-state index contributed by atoms with van der Waals surface area (Å²) in [6, 6.07) is 7.98. The summed E-state index contributed by atoms with van der Waals surface area (Å²) in [6.07, 6.45) is -0.297. The number of aromatic nitrogens is 2. The van der Waals surface area contributed by atoms with Crippen LogP contribution in [0.3, 0.4) is 0 Å². The molecule has 0 saturated carbocycles. The first-order valence-corrected chi connectivity index (χ1v) is 7.81. The normalized spacial score (nSPS) is 11.9. The highest BCUT2D eigenvalue weighted by Crippen LogP contribution is 2.12. The smallest absolute Gasteiger partial charge is 0.410 e. The number of nitrogens with one attached hydrogen (secondary N) is 1. The number of aromatic amines is 1. The molecular weight excluding hydrogens is 292 g/mol. The second kappa shape index (κ2) is 7.00. The SMILES string of the molecule is CN(CCN(C)C(=O)OC(C)(C)C)Cc1nc2ccccc2[nH]1. The van der Waals surface area contributed by atoms with Gasteiger partial charge in [-0.1, -0.05) is 12.1 Å². The van der Waals surface area contributed by atoms with Gasteiger partial charge in [-0.05, 0) is 40.0 Å². The Morgan fingerprint density at radius 3 is 2.57 bits per heavy atom. The molecule has 0 fully saturated rings. The predicted molar refractivity (Wildman–Crippen MR) is 91.3 cm³/mol. The quantitative estimate of drug-likeness (QED) is 0.921. The maximum atomic E-state index is 11.9. The summed E-state index contributed by atoms with van der Waals surface area (Å²) in [7, 11) is 3.76. The number of imidazole rings is 1. The van der Waals surface area contributed by atoms with E-state index in [0.717, 1.165) is 23.4 Å². The van der Waals surface area contributed by atoms with Gasteiger partial charge in [-0.25, -0.2) is 9.78 Å². The number of fused-ring (bicyclic) bond motifs is 1. The summed E-state index contributed by atoms with van der Waals surface area (Å²) in [6.45, 7) is 7.65. The molecule has 2 aromatic rings. The monoisotopic (exact) mass is 318 g/mol. The molecule has 0 radical (unpaired) electrons. The molecule has 2 rings (SSSR count). The van der Waals surface area contributed by atoms with Gasteiger partial charge in [0.1, 0.15) is 11.4 Å². The maximum Gasteiger partial charge on any atom is 0.410 e. The third kappa shape index (κ3) is 5.25. The number of hydrogen-bond donors (Lipinski definition) is 1. The van der Waals surface area contributed by atoms with Gasteiger partial charge >= 0.3 is 6.09 Å². The number of hydrogen-bond acceptors (Lipinski definition) is 4. The van der Waals surface area contributed by atoms with Crippen molar-refractivity contribution >= 4 is 17.1 Å². The number of carbonyl (C=O) groups excluding carboxylic acids is 1. The molecule has 126 valence electrons. The summed E-state index contributed by atoms with van der Waals surface area (Å²) in [4.78, 5) is 23.5. The summed E-state index contributed by atoms with van der Waals surface area (Å²) < 4.78 is 5.34. The molecule has 0 spiro atoms. The Labute approximate surface area is 137 Å². The van der Waals surface area contributed by atoms with Gasteiger partial charge in [0.2, 0.25) is 0 Å². The molecule has 23 heavy (non-hydrogen) atoms. The average Bonchev–Trinajstić information content (AvgIpc) is 2.84. The molecule has 6 heteroatoms. The van der Waals surface area contributed by atoms with E-state index in [-0.39, 0.29) is 6.09 Å². The van der Waals surface area contributed by atoms with Crippen LogP contribution in [0.1, 0.15) is 26.6 Å². The topological polar surface area (TPSA) is 61.5 Å². The van der Waals surface area contributed by atoms with Crippen molar-refractivity contribution in [1.29, 1.82) is 0 Å². The average molecular weight is 318 g/mol. The van der Waals surface area contributed by atoms with Crippen molar-refractivity contribution in [2.75, 3.05) is 27.2 Å². The van der Waals surface area contributed by atoms with Crippen molar-refractivity contribution in [3.8, 4) is 0 Å².